The van der Waals surface area contributed by atoms with Crippen molar-refractivity contribution >= 4 is 27.7 Å². The molecular weight excluding hydrogens is 480 g/mol. The summed E-state index contributed by atoms with van der Waals surface area (Å²) in [6.07, 6.45) is 1.25. The van der Waals surface area contributed by atoms with Gasteiger partial charge in [0.25, 0.3) is 5.91 Å². The van der Waals surface area contributed by atoms with Gasteiger partial charge in [0.1, 0.15) is 6.04 Å². The summed E-state index contributed by atoms with van der Waals surface area (Å²) in [5, 5.41) is 13.2. The van der Waals surface area contributed by atoms with Crippen LogP contribution in [-0.4, -0.2) is 59.1 Å². The monoisotopic (exact) mass is 514 g/mol. The number of carbonyl (C=O) groups excluding carboxylic acids is 2. The number of amides is 2. The average Bonchev–Trinajstić information content (AvgIpc) is 3.32. The van der Waals surface area contributed by atoms with Gasteiger partial charge in [-0.05, 0) is 37.7 Å². The molecule has 0 bridgehead atoms. The number of nitrogens with zero attached hydrogens (tertiary/aromatic N) is 3. The van der Waals surface area contributed by atoms with Crippen molar-refractivity contribution in [1.29, 1.82) is 0 Å². The summed E-state index contributed by atoms with van der Waals surface area (Å²) < 4.78 is 27.9. The molecule has 1 fully saturated rings. The first-order valence-corrected chi connectivity index (χ1v) is 13.6. The van der Waals surface area contributed by atoms with Gasteiger partial charge in [-0.2, -0.15) is 4.31 Å². The molecule has 1 aliphatic heterocycles. The lowest BCUT2D eigenvalue weighted by molar-refractivity contribution is -0.140. The Balaban J connectivity index is 2.03. The van der Waals surface area contributed by atoms with Gasteiger partial charge >= 0.3 is 0 Å². The van der Waals surface area contributed by atoms with Crippen molar-refractivity contribution in [2.75, 3.05) is 6.54 Å². The smallest absolute Gasteiger partial charge is 0.264 e. The van der Waals surface area contributed by atoms with Crippen molar-refractivity contribution in [1.82, 2.24) is 9.21 Å². The Kier molecular flexibility index (Phi) is 8.86. The second-order valence-corrected chi connectivity index (χ2v) is 11.4. The van der Waals surface area contributed by atoms with Gasteiger partial charge < -0.3 is 15.8 Å². The van der Waals surface area contributed by atoms with E-state index in [0.717, 1.165) is 5.56 Å². The number of carbonyl (C=O) groups is 2. The van der Waals surface area contributed by atoms with Gasteiger partial charge in [-0.15, -0.1) is 0 Å². The third-order valence-electron chi connectivity index (χ3n) is 6.13. The van der Waals surface area contributed by atoms with Gasteiger partial charge in [-0.1, -0.05) is 79.2 Å². The molecule has 9 nitrogen and oxygen atoms in total. The lowest BCUT2D eigenvalue weighted by Crippen LogP contribution is -2.55. The van der Waals surface area contributed by atoms with E-state index in [0.29, 0.717) is 29.3 Å². The van der Waals surface area contributed by atoms with Crippen LogP contribution in [0.2, 0.25) is 0 Å². The zero-order chi connectivity index (χ0) is 26.5. The maximum atomic E-state index is 13.9. The van der Waals surface area contributed by atoms with Crippen LogP contribution in [0.15, 0.2) is 59.8 Å². The van der Waals surface area contributed by atoms with Crippen molar-refractivity contribution in [3.8, 4) is 0 Å². The first kappa shape index (κ1) is 27.3. The van der Waals surface area contributed by atoms with Crippen LogP contribution in [0.25, 0.3) is 0 Å². The highest BCUT2D eigenvalue weighted by Gasteiger charge is 2.44. The fourth-order valence-corrected chi connectivity index (χ4v) is 5.93. The predicted octanol–water partition coefficient (Wildman–Crippen LogP) is 2.85. The Morgan fingerprint density at radius 3 is 2.36 bits per heavy atom. The highest BCUT2D eigenvalue weighted by molar-refractivity contribution is 7.89. The van der Waals surface area contributed by atoms with E-state index in [1.807, 2.05) is 20.8 Å². The summed E-state index contributed by atoms with van der Waals surface area (Å²) in [5.41, 5.74) is 7.75. The van der Waals surface area contributed by atoms with E-state index >= 15 is 0 Å². The van der Waals surface area contributed by atoms with Crippen LogP contribution >= 0.6 is 0 Å². The summed E-state index contributed by atoms with van der Waals surface area (Å²) >= 11 is 0. The van der Waals surface area contributed by atoms with E-state index in [1.54, 1.807) is 54.6 Å². The average molecular weight is 515 g/mol. The van der Waals surface area contributed by atoms with Crippen LogP contribution in [-0.2, 0) is 25.4 Å². The van der Waals surface area contributed by atoms with Crippen molar-refractivity contribution in [2.45, 2.75) is 57.9 Å². The van der Waals surface area contributed by atoms with Gasteiger partial charge in [0.05, 0.1) is 11.8 Å². The minimum absolute atomic E-state index is 0.179. The molecule has 0 spiro atoms. The minimum atomic E-state index is -4.35. The Bertz CT molecular complexity index is 1200. The maximum Gasteiger partial charge on any atom is 0.264 e. The van der Waals surface area contributed by atoms with Gasteiger partial charge in [0, 0.05) is 12.1 Å². The van der Waals surface area contributed by atoms with E-state index < -0.39 is 45.5 Å². The summed E-state index contributed by atoms with van der Waals surface area (Å²) in [7, 11) is -4.35. The van der Waals surface area contributed by atoms with Crippen molar-refractivity contribution in [2.24, 2.45) is 16.8 Å². The molecule has 3 rings (SSSR count). The molecule has 2 atom stereocenters. The molecule has 194 valence electrons. The molecular formula is C26H34N4O5S. The summed E-state index contributed by atoms with van der Waals surface area (Å²) in [6.45, 7) is 6.05. The highest BCUT2D eigenvalue weighted by atomic mass is 32.2. The van der Waals surface area contributed by atoms with Crippen LogP contribution < -0.4 is 5.73 Å². The third kappa shape index (κ3) is 6.30. The number of hydrogen-bond donors (Lipinski definition) is 2. The molecule has 2 aromatic carbocycles. The molecule has 2 aromatic rings. The zero-order valence-electron chi connectivity index (χ0n) is 20.9. The molecule has 1 saturated heterocycles. The Hall–Kier alpha value is -3.24. The van der Waals surface area contributed by atoms with Gasteiger partial charge in [0.15, 0.2) is 5.84 Å². The second-order valence-electron chi connectivity index (χ2n) is 9.56. The van der Waals surface area contributed by atoms with Gasteiger partial charge in [-0.3, -0.25) is 9.59 Å². The number of likely N-dealkylation sites (tertiary alicyclic amines) is 1. The second kappa shape index (κ2) is 11.7. The highest BCUT2D eigenvalue weighted by Crippen LogP contribution is 2.25. The normalized spacial score (nSPS) is 17.3. The molecule has 0 aliphatic carbocycles. The van der Waals surface area contributed by atoms with Gasteiger partial charge in [-0.25, -0.2) is 8.42 Å². The van der Waals surface area contributed by atoms with E-state index in [4.69, 9.17) is 5.73 Å². The molecule has 0 saturated carbocycles. The number of oxime groups is 1. The number of nitrogens with two attached hydrogens (primary N) is 1. The Morgan fingerprint density at radius 1 is 1.14 bits per heavy atom. The Labute approximate surface area is 212 Å². The molecule has 0 aromatic heterocycles. The molecule has 36 heavy (non-hydrogen) atoms. The van der Waals surface area contributed by atoms with Crippen LogP contribution in [0.4, 0.5) is 0 Å². The van der Waals surface area contributed by atoms with Crippen LogP contribution in [0, 0.1) is 12.8 Å². The summed E-state index contributed by atoms with van der Waals surface area (Å²) in [5.74, 6) is -1.96. The lowest BCUT2D eigenvalue weighted by Gasteiger charge is -2.31. The predicted molar refractivity (Wildman–Crippen MR) is 138 cm³/mol. The molecule has 1 heterocycles. The van der Waals surface area contributed by atoms with E-state index in [-0.39, 0.29) is 17.9 Å². The number of aryl methyl sites for hydroxylation is 1. The zero-order valence-corrected chi connectivity index (χ0v) is 21.7. The number of hydrogen-bond acceptors (Lipinski definition) is 7. The van der Waals surface area contributed by atoms with Crippen molar-refractivity contribution < 1.29 is 23.2 Å². The quantitative estimate of drug-likeness (QED) is 0.241. The van der Waals surface area contributed by atoms with Crippen LogP contribution in [0.1, 0.15) is 49.8 Å². The molecule has 1 unspecified atom stereocenters. The van der Waals surface area contributed by atoms with Crippen molar-refractivity contribution in [3.63, 3.8) is 0 Å². The van der Waals surface area contributed by atoms with Crippen LogP contribution in [0.3, 0.4) is 0 Å². The number of rotatable bonds is 8. The van der Waals surface area contributed by atoms with E-state index in [1.165, 1.54) is 4.90 Å². The van der Waals surface area contributed by atoms with Gasteiger partial charge in [0.2, 0.25) is 15.9 Å². The van der Waals surface area contributed by atoms with Crippen LogP contribution in [0.5, 0.6) is 0 Å². The first-order valence-electron chi connectivity index (χ1n) is 12.0. The molecule has 10 heteroatoms. The molecule has 1 aliphatic rings. The largest absolute Gasteiger partial charge is 0.409 e. The molecule has 0 radical (unpaired) electrons. The summed E-state index contributed by atoms with van der Waals surface area (Å²) in [4.78, 5) is 28.4. The summed E-state index contributed by atoms with van der Waals surface area (Å²) in [6, 6.07) is 13.2. The molecule has 2 amide bonds. The maximum absolute atomic E-state index is 13.9. The number of benzene rings is 2. The number of sulfonamides is 1. The molecule has 3 N–H and O–H groups in total. The third-order valence-corrected chi connectivity index (χ3v) is 7.74. The van der Waals surface area contributed by atoms with E-state index in [2.05, 4.69) is 5.16 Å². The number of amidine groups is 1. The lowest BCUT2D eigenvalue weighted by atomic mass is 10.0. The fraction of sp³-hybridized carbons (Fsp3) is 0.423. The first-order chi connectivity index (χ1) is 17.0. The fourth-order valence-electron chi connectivity index (χ4n) is 4.39. The standard InChI is InChI=1S/C26H34N4O5S/c1-18(2)16-22(27)25(31)29-15-7-10-23(29)26(32)30(24(28-33)21-13-11-19(3)12-14-21)36(34,35)17-20-8-5-4-6-9-20/h4-6,8-9,11-14,18,22-23,33H,7,10,15-17,27H2,1-3H3/t22?,23-/m0/s1. The minimum Gasteiger partial charge on any atom is -0.409 e. The topological polar surface area (TPSA) is 133 Å². The van der Waals surface area contributed by atoms with Crippen molar-refractivity contribution in [3.05, 3.63) is 71.3 Å². The SMILES string of the molecule is Cc1ccc(C(=NO)N(C(=O)[C@@H]2CCCN2C(=O)C(N)CC(C)C)S(=O)(=O)Cc2ccccc2)cc1. The van der Waals surface area contributed by atoms with E-state index in [9.17, 15) is 23.2 Å². The Morgan fingerprint density at radius 2 is 1.78 bits per heavy atom.